The number of benzene rings is 1. The van der Waals surface area contributed by atoms with Crippen molar-refractivity contribution < 1.29 is 0 Å². The molecule has 0 bridgehead atoms. The molecule has 0 radical (unpaired) electrons. The highest BCUT2D eigenvalue weighted by atomic mass is 32.1. The van der Waals surface area contributed by atoms with Gasteiger partial charge in [0.05, 0.1) is 28.1 Å². The Kier molecular flexibility index (Phi) is 2.08. The predicted molar refractivity (Wildman–Crippen MR) is 76.6 cm³/mol. The minimum atomic E-state index is 0.633. The van der Waals surface area contributed by atoms with Crippen molar-refractivity contribution in [1.82, 2.24) is 14.8 Å². The van der Waals surface area contributed by atoms with E-state index in [1.165, 1.54) is 11.1 Å². The Bertz CT molecular complexity index is 785. The van der Waals surface area contributed by atoms with Gasteiger partial charge < -0.3 is 5.73 Å². The van der Waals surface area contributed by atoms with Gasteiger partial charge in [-0.2, -0.15) is 5.10 Å². The zero-order chi connectivity index (χ0) is 13.0. The van der Waals surface area contributed by atoms with Gasteiger partial charge in [0.1, 0.15) is 0 Å². The number of anilines is 1. The van der Waals surface area contributed by atoms with Crippen molar-refractivity contribution in [3.05, 3.63) is 47.3 Å². The first-order valence-electron chi connectivity index (χ1n) is 6.12. The summed E-state index contributed by atoms with van der Waals surface area (Å²) in [5.41, 5.74) is 11.6. The molecule has 2 heterocycles. The molecule has 4 rings (SSSR count). The number of aryl methyl sites for hydroxylation is 1. The molecule has 0 saturated heterocycles. The molecule has 0 unspecified atom stereocenters. The van der Waals surface area contributed by atoms with E-state index in [0.717, 1.165) is 28.4 Å². The van der Waals surface area contributed by atoms with Crippen molar-refractivity contribution in [3.63, 3.8) is 0 Å². The van der Waals surface area contributed by atoms with Gasteiger partial charge in [-0.3, -0.25) is 0 Å². The van der Waals surface area contributed by atoms with Gasteiger partial charge in [0.25, 0.3) is 0 Å². The van der Waals surface area contributed by atoms with E-state index in [-0.39, 0.29) is 0 Å². The van der Waals surface area contributed by atoms with Crippen LogP contribution in [0.25, 0.3) is 16.3 Å². The summed E-state index contributed by atoms with van der Waals surface area (Å²) in [5.74, 6) is 0. The molecular formula is C14H12N4S. The van der Waals surface area contributed by atoms with Crippen molar-refractivity contribution in [2.45, 2.75) is 13.3 Å². The molecule has 1 aliphatic carbocycles. The van der Waals surface area contributed by atoms with E-state index < -0.39 is 0 Å². The molecule has 0 fully saturated rings. The number of fused-ring (bicyclic) bond motifs is 3. The number of para-hydroxylation sites is 1. The predicted octanol–water partition coefficient (Wildman–Crippen LogP) is 2.79. The number of aromatic nitrogens is 3. The first-order chi connectivity index (χ1) is 9.24. The van der Waals surface area contributed by atoms with Gasteiger partial charge >= 0.3 is 0 Å². The van der Waals surface area contributed by atoms with E-state index in [1.54, 1.807) is 11.3 Å². The number of nitrogen functional groups attached to an aromatic ring is 1. The van der Waals surface area contributed by atoms with E-state index in [9.17, 15) is 0 Å². The summed E-state index contributed by atoms with van der Waals surface area (Å²) in [6, 6.07) is 8.26. The number of nitrogens with zero attached hydrogens (tertiary/aromatic N) is 3. The van der Waals surface area contributed by atoms with Crippen LogP contribution in [0.2, 0.25) is 0 Å². The lowest BCUT2D eigenvalue weighted by Crippen LogP contribution is -2.00. The van der Waals surface area contributed by atoms with E-state index >= 15 is 0 Å². The first-order valence-corrected chi connectivity index (χ1v) is 6.94. The van der Waals surface area contributed by atoms with Crippen LogP contribution in [0.5, 0.6) is 0 Å². The zero-order valence-corrected chi connectivity index (χ0v) is 11.2. The fourth-order valence-electron chi connectivity index (χ4n) is 2.59. The van der Waals surface area contributed by atoms with Crippen molar-refractivity contribution in [3.8, 4) is 16.3 Å². The second-order valence-corrected chi connectivity index (χ2v) is 5.75. The Morgan fingerprint density at radius 2 is 2.16 bits per heavy atom. The van der Waals surface area contributed by atoms with Crippen LogP contribution in [-0.2, 0) is 6.42 Å². The van der Waals surface area contributed by atoms with Gasteiger partial charge in [0, 0.05) is 12.0 Å². The maximum Gasteiger partial charge on any atom is 0.180 e. The van der Waals surface area contributed by atoms with Crippen LogP contribution in [0.1, 0.15) is 16.8 Å². The van der Waals surface area contributed by atoms with Crippen LogP contribution >= 0.6 is 11.3 Å². The Labute approximate surface area is 114 Å². The molecule has 0 spiro atoms. The second-order valence-electron chi connectivity index (χ2n) is 4.72. The van der Waals surface area contributed by atoms with Crippen LogP contribution in [0.3, 0.4) is 0 Å². The van der Waals surface area contributed by atoms with Crippen molar-refractivity contribution >= 4 is 16.5 Å². The highest BCUT2D eigenvalue weighted by Crippen LogP contribution is 2.42. The Morgan fingerprint density at radius 1 is 1.32 bits per heavy atom. The maximum absolute atomic E-state index is 5.81. The molecule has 2 aromatic heterocycles. The summed E-state index contributed by atoms with van der Waals surface area (Å²) < 4.78 is 2.01. The van der Waals surface area contributed by atoms with Crippen molar-refractivity contribution in [2.75, 3.05) is 5.73 Å². The smallest absolute Gasteiger partial charge is 0.180 e. The summed E-state index contributed by atoms with van der Waals surface area (Å²) >= 11 is 1.54. The van der Waals surface area contributed by atoms with E-state index in [2.05, 4.69) is 29.1 Å². The SMILES string of the molecule is Cc1ccccc1-n1ncc2c1-c1sc(N)nc1C2. The lowest BCUT2D eigenvalue weighted by Gasteiger charge is -2.08. The topological polar surface area (TPSA) is 56.7 Å². The summed E-state index contributed by atoms with van der Waals surface area (Å²) in [7, 11) is 0. The van der Waals surface area contributed by atoms with Gasteiger partial charge in [0.15, 0.2) is 5.13 Å². The van der Waals surface area contributed by atoms with Gasteiger partial charge in [-0.25, -0.2) is 9.67 Å². The summed E-state index contributed by atoms with van der Waals surface area (Å²) in [6.45, 7) is 2.10. The quantitative estimate of drug-likeness (QED) is 0.577. The number of nitrogens with two attached hydrogens (primary N) is 1. The van der Waals surface area contributed by atoms with Crippen LogP contribution in [0.4, 0.5) is 5.13 Å². The molecule has 2 N–H and O–H groups in total. The minimum Gasteiger partial charge on any atom is -0.375 e. The average Bonchev–Trinajstić information content (AvgIpc) is 3.00. The average molecular weight is 268 g/mol. The highest BCUT2D eigenvalue weighted by Gasteiger charge is 2.28. The molecule has 5 heteroatoms. The maximum atomic E-state index is 5.81. The number of hydrogen-bond donors (Lipinski definition) is 1. The molecule has 4 nitrogen and oxygen atoms in total. The molecule has 0 atom stereocenters. The monoisotopic (exact) mass is 268 g/mol. The van der Waals surface area contributed by atoms with Gasteiger partial charge in [-0.15, -0.1) is 0 Å². The fourth-order valence-corrected chi connectivity index (χ4v) is 3.51. The third-order valence-electron chi connectivity index (χ3n) is 3.48. The summed E-state index contributed by atoms with van der Waals surface area (Å²) in [5, 5.41) is 5.16. The van der Waals surface area contributed by atoms with Crippen LogP contribution in [0, 0.1) is 6.92 Å². The molecule has 1 aromatic carbocycles. The Balaban J connectivity index is 1.97. The molecule has 19 heavy (non-hydrogen) atoms. The van der Waals surface area contributed by atoms with Crippen molar-refractivity contribution in [1.29, 1.82) is 0 Å². The molecular weight excluding hydrogens is 256 g/mol. The molecule has 0 saturated carbocycles. The number of thiazole rings is 1. The van der Waals surface area contributed by atoms with Gasteiger partial charge in [-0.1, -0.05) is 29.5 Å². The van der Waals surface area contributed by atoms with E-state index in [1.807, 2.05) is 23.0 Å². The lowest BCUT2D eigenvalue weighted by atomic mass is 10.2. The molecule has 0 aliphatic heterocycles. The van der Waals surface area contributed by atoms with Crippen LogP contribution in [0.15, 0.2) is 30.5 Å². The summed E-state index contributed by atoms with van der Waals surface area (Å²) in [6.07, 6.45) is 2.77. The van der Waals surface area contributed by atoms with Crippen LogP contribution < -0.4 is 5.73 Å². The molecule has 1 aliphatic rings. The minimum absolute atomic E-state index is 0.633. The largest absolute Gasteiger partial charge is 0.375 e. The number of rotatable bonds is 1. The third-order valence-corrected chi connectivity index (χ3v) is 4.41. The van der Waals surface area contributed by atoms with Gasteiger partial charge in [-0.05, 0) is 18.6 Å². The normalized spacial score (nSPS) is 12.5. The van der Waals surface area contributed by atoms with E-state index in [4.69, 9.17) is 5.73 Å². The Hall–Kier alpha value is -2.14. The van der Waals surface area contributed by atoms with Crippen molar-refractivity contribution in [2.24, 2.45) is 0 Å². The first kappa shape index (κ1) is 10.8. The third kappa shape index (κ3) is 1.45. The van der Waals surface area contributed by atoms with E-state index in [0.29, 0.717) is 5.13 Å². The Morgan fingerprint density at radius 3 is 3.00 bits per heavy atom. The zero-order valence-electron chi connectivity index (χ0n) is 10.4. The fraction of sp³-hybridized carbons (Fsp3) is 0.143. The highest BCUT2D eigenvalue weighted by molar-refractivity contribution is 7.19. The number of hydrogen-bond acceptors (Lipinski definition) is 4. The van der Waals surface area contributed by atoms with Gasteiger partial charge in [0.2, 0.25) is 0 Å². The molecule has 3 aromatic rings. The lowest BCUT2D eigenvalue weighted by molar-refractivity contribution is 0.881. The summed E-state index contributed by atoms with van der Waals surface area (Å²) in [4.78, 5) is 5.55. The van der Waals surface area contributed by atoms with Crippen LogP contribution in [-0.4, -0.2) is 14.8 Å². The standard InChI is InChI=1S/C14H12N4S/c1-8-4-2-3-5-11(8)18-12-9(7-16-18)6-10-13(12)19-14(15)17-10/h2-5,7H,6H2,1H3,(H2,15,17). The molecule has 0 amide bonds. The second kappa shape index (κ2) is 3.68. The molecule has 94 valence electrons.